The Hall–Kier alpha value is -0.660. The minimum atomic E-state index is -0.743. The number of hydrogen-bond donors (Lipinski definition) is 0. The lowest BCUT2D eigenvalue weighted by Gasteiger charge is -1.98. The Kier molecular flexibility index (Phi) is 4.81. The highest BCUT2D eigenvalue weighted by molar-refractivity contribution is 5.24. The fourth-order valence-electron chi connectivity index (χ4n) is 0.512. The van der Waals surface area contributed by atoms with Gasteiger partial charge in [-0.3, -0.25) is 0 Å². The third kappa shape index (κ3) is 2.76. The van der Waals surface area contributed by atoms with Gasteiger partial charge in [-0.15, -0.1) is 0 Å². The maximum Gasteiger partial charge on any atom is 0.154 e. The summed E-state index contributed by atoms with van der Waals surface area (Å²) in [4.78, 5) is 0. The van der Waals surface area contributed by atoms with E-state index in [1.54, 1.807) is 6.42 Å². The third-order valence-electron chi connectivity index (χ3n) is 0.935. The average Bonchev–Trinajstić information content (AvgIpc) is 2.00. The first-order valence-corrected chi connectivity index (χ1v) is 3.35. The molecule has 0 unspecified atom stereocenters. The van der Waals surface area contributed by atoms with Crippen LogP contribution < -0.4 is 0 Å². The van der Waals surface area contributed by atoms with Crippen molar-refractivity contribution in [2.75, 3.05) is 0 Å². The van der Waals surface area contributed by atoms with Gasteiger partial charge in [0.05, 0.1) is 0 Å². The predicted octanol–water partition coefficient (Wildman–Crippen LogP) is 3.33. The molecule has 0 saturated carbocycles. The molecule has 10 heavy (non-hydrogen) atoms. The van der Waals surface area contributed by atoms with Crippen LogP contribution in [0.2, 0.25) is 0 Å². The van der Waals surface area contributed by atoms with Gasteiger partial charge in [-0.25, -0.2) is 8.78 Å². The summed E-state index contributed by atoms with van der Waals surface area (Å²) in [7, 11) is 0. The molecule has 0 saturated heterocycles. The minimum absolute atomic E-state index is 0.0995. The Bertz CT molecular complexity index is 145. The lowest BCUT2D eigenvalue weighted by atomic mass is 10.2. The third-order valence-corrected chi connectivity index (χ3v) is 0.935. The van der Waals surface area contributed by atoms with E-state index in [0.29, 0.717) is 0 Å². The summed E-state index contributed by atoms with van der Waals surface area (Å²) in [6.45, 7) is 4.00. The van der Waals surface area contributed by atoms with Crippen molar-refractivity contribution in [1.82, 2.24) is 0 Å². The SMILES string of the molecule is CC.FC1=C(F)C[CH]C=C1. The molecule has 2 heteroatoms. The molecule has 0 aromatic heterocycles. The van der Waals surface area contributed by atoms with Crippen molar-refractivity contribution in [3.05, 3.63) is 30.2 Å². The second-order valence-electron chi connectivity index (χ2n) is 1.55. The van der Waals surface area contributed by atoms with Crippen LogP contribution in [-0.4, -0.2) is 0 Å². The summed E-state index contributed by atoms with van der Waals surface area (Å²) in [5, 5.41) is 0. The summed E-state index contributed by atoms with van der Waals surface area (Å²) < 4.78 is 24.0. The topological polar surface area (TPSA) is 0 Å². The molecule has 0 bridgehead atoms. The summed E-state index contributed by atoms with van der Waals surface area (Å²) in [5.74, 6) is -1.42. The summed E-state index contributed by atoms with van der Waals surface area (Å²) in [6.07, 6.45) is 4.28. The van der Waals surface area contributed by atoms with Crippen molar-refractivity contribution in [3.63, 3.8) is 0 Å². The van der Waals surface area contributed by atoms with Gasteiger partial charge in [0, 0.05) is 6.42 Å². The molecule has 0 aromatic rings. The molecule has 0 aromatic carbocycles. The van der Waals surface area contributed by atoms with Crippen molar-refractivity contribution in [2.45, 2.75) is 20.3 Å². The average molecular weight is 145 g/mol. The van der Waals surface area contributed by atoms with E-state index in [-0.39, 0.29) is 6.42 Å². The van der Waals surface area contributed by atoms with Gasteiger partial charge in [-0.1, -0.05) is 19.9 Å². The zero-order valence-electron chi connectivity index (χ0n) is 6.20. The van der Waals surface area contributed by atoms with E-state index >= 15 is 0 Å². The quantitative estimate of drug-likeness (QED) is 0.490. The summed E-state index contributed by atoms with van der Waals surface area (Å²) >= 11 is 0. The molecule has 1 rings (SSSR count). The number of rotatable bonds is 0. The molecular formula is C8H11F2. The lowest BCUT2D eigenvalue weighted by molar-refractivity contribution is 0.532. The standard InChI is InChI=1S/C6H5F2.C2H6/c7-5-3-1-2-4-6(5)8;1-2/h1-3H,4H2;1-2H3. The van der Waals surface area contributed by atoms with E-state index in [1.807, 2.05) is 13.8 Å². The monoisotopic (exact) mass is 145 g/mol. The normalized spacial score (nSPS) is 16.4. The molecule has 0 heterocycles. The molecule has 1 aliphatic carbocycles. The fourth-order valence-corrected chi connectivity index (χ4v) is 0.512. The van der Waals surface area contributed by atoms with Crippen molar-refractivity contribution >= 4 is 0 Å². The molecular weight excluding hydrogens is 134 g/mol. The van der Waals surface area contributed by atoms with E-state index in [1.165, 1.54) is 6.08 Å². The Morgan fingerprint density at radius 1 is 1.30 bits per heavy atom. The zero-order chi connectivity index (χ0) is 7.98. The van der Waals surface area contributed by atoms with Crippen molar-refractivity contribution in [3.8, 4) is 0 Å². The molecule has 0 aliphatic heterocycles. The van der Waals surface area contributed by atoms with Gasteiger partial charge in [-0.05, 0) is 12.5 Å². The van der Waals surface area contributed by atoms with Crippen LogP contribution in [0.1, 0.15) is 20.3 Å². The molecule has 57 valence electrons. The van der Waals surface area contributed by atoms with Crippen LogP contribution in [0, 0.1) is 6.42 Å². The van der Waals surface area contributed by atoms with Gasteiger partial charge in [-0.2, -0.15) is 0 Å². The molecule has 0 N–H and O–H groups in total. The highest BCUT2D eigenvalue weighted by Gasteiger charge is 2.04. The zero-order valence-corrected chi connectivity index (χ0v) is 6.20. The van der Waals surface area contributed by atoms with Gasteiger partial charge >= 0.3 is 0 Å². The van der Waals surface area contributed by atoms with Gasteiger partial charge in [0.2, 0.25) is 0 Å². The van der Waals surface area contributed by atoms with E-state index < -0.39 is 11.7 Å². The second kappa shape index (κ2) is 5.15. The van der Waals surface area contributed by atoms with Gasteiger partial charge in [0.15, 0.2) is 5.83 Å². The minimum Gasteiger partial charge on any atom is -0.209 e. The number of allylic oxidation sites excluding steroid dienone is 4. The lowest BCUT2D eigenvalue weighted by Crippen LogP contribution is -1.84. The van der Waals surface area contributed by atoms with Gasteiger partial charge in [0.1, 0.15) is 5.83 Å². The maximum absolute atomic E-state index is 12.0. The van der Waals surface area contributed by atoms with Crippen molar-refractivity contribution in [1.29, 1.82) is 0 Å². The summed E-state index contributed by atoms with van der Waals surface area (Å²) in [5.41, 5.74) is 0. The maximum atomic E-state index is 12.0. The van der Waals surface area contributed by atoms with Gasteiger partial charge < -0.3 is 0 Å². The largest absolute Gasteiger partial charge is 0.209 e. The molecule has 0 atom stereocenters. The van der Waals surface area contributed by atoms with Crippen LogP contribution >= 0.6 is 0 Å². The van der Waals surface area contributed by atoms with E-state index in [4.69, 9.17) is 0 Å². The highest BCUT2D eigenvalue weighted by Crippen LogP contribution is 2.19. The van der Waals surface area contributed by atoms with E-state index in [2.05, 4.69) is 0 Å². The number of halogens is 2. The Balaban J connectivity index is 0.000000371. The summed E-state index contributed by atoms with van der Waals surface area (Å²) in [6, 6.07) is 0. The Morgan fingerprint density at radius 2 is 1.90 bits per heavy atom. The molecule has 1 aliphatic rings. The van der Waals surface area contributed by atoms with Crippen LogP contribution in [-0.2, 0) is 0 Å². The smallest absolute Gasteiger partial charge is 0.154 e. The first-order valence-electron chi connectivity index (χ1n) is 3.35. The molecule has 0 amide bonds. The van der Waals surface area contributed by atoms with Crippen LogP contribution in [0.5, 0.6) is 0 Å². The van der Waals surface area contributed by atoms with Crippen molar-refractivity contribution in [2.24, 2.45) is 0 Å². The van der Waals surface area contributed by atoms with E-state index in [9.17, 15) is 8.78 Å². The van der Waals surface area contributed by atoms with Crippen LogP contribution in [0.25, 0.3) is 0 Å². The van der Waals surface area contributed by atoms with Crippen molar-refractivity contribution < 1.29 is 8.78 Å². The molecule has 0 nitrogen and oxygen atoms in total. The molecule has 0 fully saturated rings. The number of hydrogen-bond acceptors (Lipinski definition) is 0. The van der Waals surface area contributed by atoms with E-state index in [0.717, 1.165) is 6.08 Å². The fraction of sp³-hybridized carbons (Fsp3) is 0.375. The second-order valence-corrected chi connectivity index (χ2v) is 1.55. The Morgan fingerprint density at radius 3 is 2.20 bits per heavy atom. The first-order chi connectivity index (χ1) is 4.80. The van der Waals surface area contributed by atoms with Crippen LogP contribution in [0.15, 0.2) is 23.8 Å². The highest BCUT2D eigenvalue weighted by atomic mass is 19.2. The van der Waals surface area contributed by atoms with Crippen LogP contribution in [0.4, 0.5) is 8.78 Å². The molecule has 0 spiro atoms. The first kappa shape index (κ1) is 9.34. The van der Waals surface area contributed by atoms with Gasteiger partial charge in [0.25, 0.3) is 0 Å². The predicted molar refractivity (Wildman–Crippen MR) is 38.6 cm³/mol. The molecule has 1 radical (unpaired) electrons. The van der Waals surface area contributed by atoms with Crippen LogP contribution in [0.3, 0.4) is 0 Å². The Labute approximate surface area is 60.2 Å².